The maximum Gasteiger partial charge on any atom is 0.193 e. The number of rotatable bonds is 5. The van der Waals surface area contributed by atoms with Gasteiger partial charge in [0.05, 0.1) is 26.5 Å². The summed E-state index contributed by atoms with van der Waals surface area (Å²) in [7, 11) is 3.22. The first-order valence-electron chi connectivity index (χ1n) is 6.46. The monoisotopic (exact) mass is 433 g/mol. The largest absolute Gasteiger partial charge is 0.497 e. The van der Waals surface area contributed by atoms with Crippen molar-refractivity contribution < 1.29 is 9.47 Å². The predicted molar refractivity (Wildman–Crippen MR) is 103 cm³/mol. The number of guanidine groups is 1. The fourth-order valence-corrected chi connectivity index (χ4v) is 2.64. The number of anilines is 1. The molecule has 2 aromatic rings. The Bertz CT molecular complexity index is 643. The highest BCUT2D eigenvalue weighted by molar-refractivity contribution is 14.0. The summed E-state index contributed by atoms with van der Waals surface area (Å²) >= 11 is 1.68. The van der Waals surface area contributed by atoms with Crippen molar-refractivity contribution in [1.82, 2.24) is 0 Å². The van der Waals surface area contributed by atoms with Crippen molar-refractivity contribution in [2.45, 2.75) is 13.5 Å². The topological polar surface area (TPSA) is 68.9 Å². The Morgan fingerprint density at radius 1 is 1.27 bits per heavy atom. The highest BCUT2D eigenvalue weighted by Crippen LogP contribution is 2.28. The van der Waals surface area contributed by atoms with Crippen LogP contribution in [-0.4, -0.2) is 20.2 Å². The van der Waals surface area contributed by atoms with Gasteiger partial charge in [-0.1, -0.05) is 0 Å². The van der Waals surface area contributed by atoms with Crippen LogP contribution < -0.4 is 20.5 Å². The highest BCUT2D eigenvalue weighted by Gasteiger charge is 2.06. The van der Waals surface area contributed by atoms with Crippen LogP contribution in [0.15, 0.2) is 34.6 Å². The number of ether oxygens (including phenoxy) is 2. The van der Waals surface area contributed by atoms with Crippen LogP contribution in [0.4, 0.5) is 5.69 Å². The summed E-state index contributed by atoms with van der Waals surface area (Å²) < 4.78 is 10.5. The minimum Gasteiger partial charge on any atom is -0.497 e. The third kappa shape index (κ3) is 4.77. The van der Waals surface area contributed by atoms with E-state index in [1.165, 1.54) is 10.4 Å². The van der Waals surface area contributed by atoms with Gasteiger partial charge in [-0.2, -0.15) is 0 Å². The summed E-state index contributed by atoms with van der Waals surface area (Å²) in [6.07, 6.45) is 0. The van der Waals surface area contributed by atoms with Crippen molar-refractivity contribution in [3.63, 3.8) is 0 Å². The number of benzene rings is 1. The Hall–Kier alpha value is -1.48. The lowest BCUT2D eigenvalue weighted by atomic mass is 10.2. The number of thiophene rings is 1. The van der Waals surface area contributed by atoms with Gasteiger partial charge in [-0.25, -0.2) is 4.99 Å². The predicted octanol–water partition coefficient (Wildman–Crippen LogP) is 3.62. The minimum atomic E-state index is 0. The van der Waals surface area contributed by atoms with Crippen molar-refractivity contribution in [3.05, 3.63) is 40.1 Å². The molecule has 0 unspecified atom stereocenters. The van der Waals surface area contributed by atoms with E-state index in [2.05, 4.69) is 28.7 Å². The number of nitrogens with zero attached hydrogens (tertiary/aromatic N) is 1. The third-order valence-electron chi connectivity index (χ3n) is 3.03. The van der Waals surface area contributed by atoms with Crippen LogP contribution >= 0.6 is 35.3 Å². The van der Waals surface area contributed by atoms with Gasteiger partial charge in [0.15, 0.2) is 5.96 Å². The molecule has 22 heavy (non-hydrogen) atoms. The Morgan fingerprint density at radius 2 is 2.05 bits per heavy atom. The lowest BCUT2D eigenvalue weighted by molar-refractivity contribution is 0.405. The molecule has 0 atom stereocenters. The zero-order valence-corrected chi connectivity index (χ0v) is 15.9. The Balaban J connectivity index is 0.00000242. The summed E-state index contributed by atoms with van der Waals surface area (Å²) in [5.41, 5.74) is 7.89. The van der Waals surface area contributed by atoms with Crippen molar-refractivity contribution in [2.75, 3.05) is 19.5 Å². The quantitative estimate of drug-likeness (QED) is 0.430. The second kappa shape index (κ2) is 8.84. The number of hydrogen-bond acceptors (Lipinski definition) is 4. The maximum absolute atomic E-state index is 5.93. The molecule has 5 nitrogen and oxygen atoms in total. The zero-order chi connectivity index (χ0) is 15.2. The van der Waals surface area contributed by atoms with Gasteiger partial charge in [0, 0.05) is 10.9 Å². The molecule has 0 fully saturated rings. The Kier molecular flexibility index (Phi) is 7.46. The lowest BCUT2D eigenvalue weighted by Crippen LogP contribution is -2.23. The number of halogens is 1. The number of nitrogens with one attached hydrogen (secondary N) is 1. The van der Waals surface area contributed by atoms with E-state index in [1.807, 2.05) is 18.2 Å². The van der Waals surface area contributed by atoms with Crippen LogP contribution in [0.5, 0.6) is 11.5 Å². The van der Waals surface area contributed by atoms with E-state index >= 15 is 0 Å². The minimum absolute atomic E-state index is 0. The smallest absolute Gasteiger partial charge is 0.193 e. The van der Waals surface area contributed by atoms with Crippen LogP contribution in [-0.2, 0) is 6.54 Å². The third-order valence-corrected chi connectivity index (χ3v) is 4.04. The zero-order valence-electron chi connectivity index (χ0n) is 12.8. The van der Waals surface area contributed by atoms with Crippen LogP contribution in [0.3, 0.4) is 0 Å². The molecule has 0 aliphatic heterocycles. The van der Waals surface area contributed by atoms with E-state index in [-0.39, 0.29) is 24.0 Å². The molecule has 0 aliphatic carbocycles. The van der Waals surface area contributed by atoms with Crippen LogP contribution in [0, 0.1) is 6.92 Å². The fraction of sp³-hybridized carbons (Fsp3) is 0.267. The molecule has 1 aromatic heterocycles. The van der Waals surface area contributed by atoms with Crippen molar-refractivity contribution in [3.8, 4) is 11.5 Å². The molecule has 120 valence electrons. The van der Waals surface area contributed by atoms with E-state index in [4.69, 9.17) is 15.2 Å². The van der Waals surface area contributed by atoms with Gasteiger partial charge in [0.1, 0.15) is 11.5 Å². The van der Waals surface area contributed by atoms with Crippen LogP contribution in [0.1, 0.15) is 10.4 Å². The SMILES string of the molecule is COc1ccc(OC)c(NC(N)=NCc2sccc2C)c1.I. The molecule has 0 saturated heterocycles. The Morgan fingerprint density at radius 3 is 2.64 bits per heavy atom. The second-order valence-corrected chi connectivity index (χ2v) is 5.42. The molecule has 3 N–H and O–H groups in total. The first-order valence-corrected chi connectivity index (χ1v) is 7.34. The molecule has 0 bridgehead atoms. The molecule has 0 saturated carbocycles. The summed E-state index contributed by atoms with van der Waals surface area (Å²) in [4.78, 5) is 5.56. The standard InChI is InChI=1S/C15H19N3O2S.HI/c1-10-6-7-21-14(10)9-17-15(16)18-12-8-11(19-2)4-5-13(12)20-3;/h4-8H,9H2,1-3H3,(H3,16,17,18);1H. The highest BCUT2D eigenvalue weighted by atomic mass is 127. The van der Waals surface area contributed by atoms with E-state index in [9.17, 15) is 0 Å². The lowest BCUT2D eigenvalue weighted by Gasteiger charge is -2.12. The van der Waals surface area contributed by atoms with Gasteiger partial charge >= 0.3 is 0 Å². The summed E-state index contributed by atoms with van der Waals surface area (Å²) in [6, 6.07) is 7.53. The summed E-state index contributed by atoms with van der Waals surface area (Å²) in [6.45, 7) is 2.63. The molecule has 0 aliphatic rings. The number of methoxy groups -OCH3 is 2. The van der Waals surface area contributed by atoms with E-state index < -0.39 is 0 Å². The summed E-state index contributed by atoms with van der Waals surface area (Å²) in [5, 5.41) is 5.10. The number of aliphatic imine (C=N–C) groups is 1. The van der Waals surface area contributed by atoms with Gasteiger partial charge in [-0.05, 0) is 36.1 Å². The molecule has 0 spiro atoms. The first kappa shape index (κ1) is 18.6. The molecule has 0 amide bonds. The van der Waals surface area contributed by atoms with Gasteiger partial charge < -0.3 is 20.5 Å². The molecular weight excluding hydrogens is 413 g/mol. The van der Waals surface area contributed by atoms with Gasteiger partial charge in [-0.15, -0.1) is 35.3 Å². The maximum atomic E-state index is 5.93. The first-order chi connectivity index (χ1) is 10.1. The fourth-order valence-electron chi connectivity index (χ4n) is 1.81. The van der Waals surface area contributed by atoms with E-state index in [0.29, 0.717) is 18.3 Å². The van der Waals surface area contributed by atoms with Crippen molar-refractivity contribution in [1.29, 1.82) is 0 Å². The van der Waals surface area contributed by atoms with Crippen molar-refractivity contribution in [2.24, 2.45) is 10.7 Å². The molecule has 1 aromatic carbocycles. The van der Waals surface area contributed by atoms with Crippen LogP contribution in [0.25, 0.3) is 0 Å². The number of nitrogens with two attached hydrogens (primary N) is 1. The molecule has 7 heteroatoms. The average Bonchev–Trinajstić information content (AvgIpc) is 2.90. The molecule has 0 radical (unpaired) electrons. The normalized spacial score (nSPS) is 10.8. The number of aryl methyl sites for hydroxylation is 1. The van der Waals surface area contributed by atoms with Crippen molar-refractivity contribution >= 4 is 47.0 Å². The number of hydrogen-bond donors (Lipinski definition) is 2. The Labute approximate surface area is 151 Å². The summed E-state index contributed by atoms with van der Waals surface area (Å²) in [5.74, 6) is 1.75. The molecule has 1 heterocycles. The van der Waals surface area contributed by atoms with E-state index in [0.717, 1.165) is 11.4 Å². The average molecular weight is 433 g/mol. The molecule has 2 rings (SSSR count). The van der Waals surface area contributed by atoms with Gasteiger partial charge in [0.25, 0.3) is 0 Å². The van der Waals surface area contributed by atoms with Gasteiger partial charge in [-0.3, -0.25) is 0 Å². The van der Waals surface area contributed by atoms with Crippen LogP contribution in [0.2, 0.25) is 0 Å². The molecular formula is C15H20IN3O2S. The van der Waals surface area contributed by atoms with E-state index in [1.54, 1.807) is 25.6 Å². The van der Waals surface area contributed by atoms with Gasteiger partial charge in [0.2, 0.25) is 0 Å². The second-order valence-electron chi connectivity index (χ2n) is 4.42.